The van der Waals surface area contributed by atoms with Crippen LogP contribution in [0.15, 0.2) is 0 Å². The van der Waals surface area contributed by atoms with Crippen LogP contribution in [0.25, 0.3) is 0 Å². The topological polar surface area (TPSA) is 77.9 Å². The molecule has 1 heterocycles. The van der Waals surface area contributed by atoms with Gasteiger partial charge in [-0.3, -0.25) is 14.4 Å². The molecule has 0 aromatic rings. The molecule has 2 amide bonds. The van der Waals surface area contributed by atoms with Gasteiger partial charge in [0.05, 0.1) is 6.42 Å². The molecule has 1 N–H and O–H groups in total. The Bertz CT molecular complexity index is 373. The van der Waals surface area contributed by atoms with E-state index < -0.39 is 5.97 Å². The number of carbonyl (C=O) groups is 3. The molecule has 6 nitrogen and oxygen atoms in total. The van der Waals surface area contributed by atoms with Crippen LogP contribution >= 0.6 is 0 Å². The molecule has 0 aromatic carbocycles. The van der Waals surface area contributed by atoms with Crippen molar-refractivity contribution >= 4 is 17.8 Å². The van der Waals surface area contributed by atoms with Crippen molar-refractivity contribution in [1.29, 1.82) is 0 Å². The highest BCUT2D eigenvalue weighted by Gasteiger charge is 2.29. The van der Waals surface area contributed by atoms with Crippen LogP contribution in [-0.2, 0) is 14.4 Å². The number of likely N-dealkylation sites (tertiary alicyclic amines) is 1. The summed E-state index contributed by atoms with van der Waals surface area (Å²) in [5.41, 5.74) is 0. The highest BCUT2D eigenvalue weighted by atomic mass is 16.4. The predicted molar refractivity (Wildman–Crippen MR) is 74.0 cm³/mol. The van der Waals surface area contributed by atoms with E-state index in [0.717, 1.165) is 0 Å². The maximum Gasteiger partial charge on any atom is 0.305 e. The summed E-state index contributed by atoms with van der Waals surface area (Å²) < 4.78 is 0. The van der Waals surface area contributed by atoms with Gasteiger partial charge in [-0.2, -0.15) is 0 Å². The standard InChI is InChI=1S/C14H24N2O4/c1-10(2)13(19)16-8-4-11(5-9-16)14(20)15(3)7-6-12(17)18/h10-11H,4-9H2,1-3H3,(H,17,18). The molecule has 0 saturated carbocycles. The number of hydrogen-bond acceptors (Lipinski definition) is 3. The zero-order chi connectivity index (χ0) is 15.3. The van der Waals surface area contributed by atoms with Crippen LogP contribution in [0.3, 0.4) is 0 Å². The van der Waals surface area contributed by atoms with Gasteiger partial charge in [0.25, 0.3) is 0 Å². The first-order valence-electron chi connectivity index (χ1n) is 7.08. The Morgan fingerprint density at radius 3 is 2.25 bits per heavy atom. The van der Waals surface area contributed by atoms with Crippen molar-refractivity contribution in [3.63, 3.8) is 0 Å². The second kappa shape index (κ2) is 7.26. The molecule has 0 spiro atoms. The van der Waals surface area contributed by atoms with Crippen molar-refractivity contribution in [2.75, 3.05) is 26.7 Å². The van der Waals surface area contributed by atoms with Crippen LogP contribution in [0.1, 0.15) is 33.1 Å². The van der Waals surface area contributed by atoms with E-state index in [4.69, 9.17) is 5.11 Å². The minimum absolute atomic E-state index is 0.0112. The molecule has 20 heavy (non-hydrogen) atoms. The van der Waals surface area contributed by atoms with Crippen molar-refractivity contribution in [3.05, 3.63) is 0 Å². The summed E-state index contributed by atoms with van der Waals surface area (Å²) in [4.78, 5) is 37.8. The van der Waals surface area contributed by atoms with Crippen LogP contribution in [0, 0.1) is 11.8 Å². The van der Waals surface area contributed by atoms with Crippen LogP contribution < -0.4 is 0 Å². The molecule has 1 aliphatic rings. The molecule has 0 aromatic heterocycles. The molecule has 0 aliphatic carbocycles. The Hall–Kier alpha value is -1.59. The first kappa shape index (κ1) is 16.5. The zero-order valence-electron chi connectivity index (χ0n) is 12.5. The number of aliphatic carboxylic acids is 1. The van der Waals surface area contributed by atoms with Crippen LogP contribution in [0.4, 0.5) is 0 Å². The third-order valence-electron chi connectivity index (χ3n) is 3.69. The van der Waals surface area contributed by atoms with Crippen molar-refractivity contribution in [3.8, 4) is 0 Å². The Kier molecular flexibility index (Phi) is 5.98. The molecule has 1 aliphatic heterocycles. The van der Waals surface area contributed by atoms with Crippen LogP contribution in [-0.4, -0.2) is 59.4 Å². The van der Waals surface area contributed by atoms with Crippen molar-refractivity contribution in [2.24, 2.45) is 11.8 Å². The maximum absolute atomic E-state index is 12.2. The van der Waals surface area contributed by atoms with E-state index in [0.29, 0.717) is 25.9 Å². The maximum atomic E-state index is 12.2. The first-order chi connectivity index (χ1) is 9.32. The Morgan fingerprint density at radius 1 is 1.25 bits per heavy atom. The Morgan fingerprint density at radius 2 is 1.80 bits per heavy atom. The number of carbonyl (C=O) groups excluding carboxylic acids is 2. The van der Waals surface area contributed by atoms with Gasteiger partial charge in [-0.25, -0.2) is 0 Å². The monoisotopic (exact) mass is 284 g/mol. The van der Waals surface area contributed by atoms with Gasteiger partial charge in [-0.05, 0) is 12.8 Å². The summed E-state index contributed by atoms with van der Waals surface area (Å²) in [6.07, 6.45) is 1.29. The lowest BCUT2D eigenvalue weighted by atomic mass is 9.94. The zero-order valence-corrected chi connectivity index (χ0v) is 12.5. The molecule has 0 bridgehead atoms. The lowest BCUT2D eigenvalue weighted by Gasteiger charge is -2.34. The number of piperidine rings is 1. The number of carboxylic acid groups (broad SMARTS) is 1. The summed E-state index contributed by atoms with van der Waals surface area (Å²) in [6, 6.07) is 0. The summed E-state index contributed by atoms with van der Waals surface area (Å²) in [7, 11) is 1.64. The van der Waals surface area contributed by atoms with Gasteiger partial charge in [0.2, 0.25) is 11.8 Å². The molecule has 1 fully saturated rings. The van der Waals surface area contributed by atoms with Gasteiger partial charge in [0.1, 0.15) is 0 Å². The molecule has 114 valence electrons. The number of hydrogen-bond donors (Lipinski definition) is 1. The smallest absolute Gasteiger partial charge is 0.305 e. The van der Waals surface area contributed by atoms with Gasteiger partial charge >= 0.3 is 5.97 Å². The Labute approximate surface area is 119 Å². The second-order valence-electron chi connectivity index (χ2n) is 5.66. The number of amides is 2. The quantitative estimate of drug-likeness (QED) is 0.810. The number of carboxylic acids is 1. The molecule has 6 heteroatoms. The van der Waals surface area contributed by atoms with Crippen LogP contribution in [0.2, 0.25) is 0 Å². The van der Waals surface area contributed by atoms with E-state index in [9.17, 15) is 14.4 Å². The van der Waals surface area contributed by atoms with Crippen LogP contribution in [0.5, 0.6) is 0 Å². The molecule has 1 rings (SSSR count). The number of nitrogens with zero attached hydrogens (tertiary/aromatic N) is 2. The minimum atomic E-state index is -0.901. The SMILES string of the molecule is CC(C)C(=O)N1CCC(C(=O)N(C)CCC(=O)O)CC1. The minimum Gasteiger partial charge on any atom is -0.481 e. The molecular formula is C14H24N2O4. The highest BCUT2D eigenvalue weighted by Crippen LogP contribution is 2.20. The first-order valence-corrected chi connectivity index (χ1v) is 7.08. The van der Waals surface area contributed by atoms with Gasteiger partial charge in [-0.15, -0.1) is 0 Å². The summed E-state index contributed by atoms with van der Waals surface area (Å²) in [6.45, 7) is 5.21. The van der Waals surface area contributed by atoms with E-state index >= 15 is 0 Å². The van der Waals surface area contributed by atoms with E-state index in [1.165, 1.54) is 4.90 Å². The highest BCUT2D eigenvalue weighted by molar-refractivity contribution is 5.81. The molecule has 0 atom stereocenters. The van der Waals surface area contributed by atoms with Gasteiger partial charge in [0, 0.05) is 38.5 Å². The summed E-state index contributed by atoms with van der Waals surface area (Å²) >= 11 is 0. The third kappa shape index (κ3) is 4.51. The fraction of sp³-hybridized carbons (Fsp3) is 0.786. The fourth-order valence-corrected chi connectivity index (χ4v) is 2.40. The molecule has 1 saturated heterocycles. The lowest BCUT2D eigenvalue weighted by Crippen LogP contribution is -2.45. The second-order valence-corrected chi connectivity index (χ2v) is 5.66. The van der Waals surface area contributed by atoms with E-state index in [1.54, 1.807) is 7.05 Å². The number of rotatable bonds is 5. The van der Waals surface area contributed by atoms with Crippen molar-refractivity contribution < 1.29 is 19.5 Å². The summed E-state index contributed by atoms with van der Waals surface area (Å²) in [5.74, 6) is -0.884. The van der Waals surface area contributed by atoms with Crippen molar-refractivity contribution in [2.45, 2.75) is 33.1 Å². The molecule has 0 radical (unpaired) electrons. The predicted octanol–water partition coefficient (Wildman–Crippen LogP) is 0.814. The van der Waals surface area contributed by atoms with Gasteiger partial charge in [-0.1, -0.05) is 13.8 Å². The average Bonchev–Trinajstić information content (AvgIpc) is 2.43. The average molecular weight is 284 g/mol. The summed E-state index contributed by atoms with van der Waals surface area (Å²) in [5, 5.41) is 8.62. The lowest BCUT2D eigenvalue weighted by molar-refractivity contribution is -0.142. The Balaban J connectivity index is 2.42. The van der Waals surface area contributed by atoms with E-state index in [-0.39, 0.29) is 36.6 Å². The van der Waals surface area contributed by atoms with E-state index in [2.05, 4.69) is 0 Å². The van der Waals surface area contributed by atoms with Crippen molar-refractivity contribution in [1.82, 2.24) is 9.80 Å². The molecular weight excluding hydrogens is 260 g/mol. The van der Waals surface area contributed by atoms with Gasteiger partial charge < -0.3 is 14.9 Å². The largest absolute Gasteiger partial charge is 0.481 e. The van der Waals surface area contributed by atoms with E-state index in [1.807, 2.05) is 18.7 Å². The fourth-order valence-electron chi connectivity index (χ4n) is 2.40. The normalized spacial score (nSPS) is 16.3. The third-order valence-corrected chi connectivity index (χ3v) is 3.69. The van der Waals surface area contributed by atoms with Gasteiger partial charge in [0.15, 0.2) is 0 Å². The molecule has 0 unspecified atom stereocenters.